The van der Waals surface area contributed by atoms with Crippen LogP contribution in [0.15, 0.2) is 23.0 Å². The summed E-state index contributed by atoms with van der Waals surface area (Å²) < 4.78 is 0. The summed E-state index contributed by atoms with van der Waals surface area (Å²) in [4.78, 5) is 11.5. The van der Waals surface area contributed by atoms with E-state index in [1.165, 1.54) is 5.01 Å². The summed E-state index contributed by atoms with van der Waals surface area (Å²) in [5.41, 5.74) is 1.05. The van der Waals surface area contributed by atoms with Gasteiger partial charge in [-0.05, 0) is 19.8 Å². The van der Waals surface area contributed by atoms with Crippen molar-refractivity contribution in [2.24, 2.45) is 4.99 Å². The van der Waals surface area contributed by atoms with Crippen LogP contribution in [0.3, 0.4) is 0 Å². The van der Waals surface area contributed by atoms with Gasteiger partial charge in [0.2, 0.25) is 0 Å². The van der Waals surface area contributed by atoms with Crippen LogP contribution in [0.25, 0.3) is 0 Å². The van der Waals surface area contributed by atoms with E-state index in [0.717, 1.165) is 37.6 Å². The molecule has 0 spiro atoms. The summed E-state index contributed by atoms with van der Waals surface area (Å²) in [5, 5.41) is 6.63. The summed E-state index contributed by atoms with van der Waals surface area (Å²) >= 11 is 1.72. The minimum atomic E-state index is 0. The number of hydrogen-bond acceptors (Lipinski definition) is 3. The highest BCUT2D eigenvalue weighted by molar-refractivity contribution is 14.0. The van der Waals surface area contributed by atoms with Crippen LogP contribution in [-0.2, 0) is 6.54 Å². The largest absolute Gasteiger partial charge is 0.357 e. The lowest BCUT2D eigenvalue weighted by Gasteiger charge is -2.21. The van der Waals surface area contributed by atoms with Crippen molar-refractivity contribution in [1.29, 1.82) is 0 Å². The molecule has 6 heteroatoms. The normalized spacial score (nSPS) is 11.2. The molecular weight excluding hydrogens is 407 g/mol. The molecule has 0 saturated heterocycles. The topological polar surface area (TPSA) is 40.5 Å². The number of allylic oxidation sites excluding steroid dienone is 1. The van der Waals surface area contributed by atoms with Crippen LogP contribution in [0.5, 0.6) is 0 Å². The summed E-state index contributed by atoms with van der Waals surface area (Å²) in [6.07, 6.45) is 4.09. The fourth-order valence-corrected chi connectivity index (χ4v) is 2.69. The Hall–Kier alpha value is -0.630. The quantitative estimate of drug-likeness (QED) is 0.218. The lowest BCUT2D eigenvalue weighted by atomic mass is 10.2. The van der Waals surface area contributed by atoms with Crippen molar-refractivity contribution in [2.75, 3.05) is 20.1 Å². The molecule has 0 radical (unpaired) electrons. The number of nitrogens with zero attached hydrogens (tertiary/aromatic N) is 3. The average molecular weight is 436 g/mol. The molecule has 0 saturated carbocycles. The molecule has 126 valence electrons. The lowest BCUT2D eigenvalue weighted by Crippen LogP contribution is -2.39. The first-order valence-corrected chi connectivity index (χ1v) is 8.51. The van der Waals surface area contributed by atoms with Crippen molar-refractivity contribution in [3.05, 3.63) is 28.7 Å². The molecule has 1 N–H and O–H groups in total. The van der Waals surface area contributed by atoms with E-state index in [4.69, 9.17) is 0 Å². The summed E-state index contributed by atoms with van der Waals surface area (Å²) in [6.45, 7) is 12.7. The van der Waals surface area contributed by atoms with Gasteiger partial charge in [-0.25, -0.2) is 9.98 Å². The molecule has 1 aromatic heterocycles. The monoisotopic (exact) mass is 436 g/mol. The molecule has 0 aliphatic rings. The summed E-state index contributed by atoms with van der Waals surface area (Å²) in [5.74, 6) is 1.43. The van der Waals surface area contributed by atoms with Gasteiger partial charge in [0.05, 0.1) is 17.2 Å². The number of thiazole rings is 1. The maximum Gasteiger partial charge on any atom is 0.194 e. The van der Waals surface area contributed by atoms with Crippen LogP contribution in [0.1, 0.15) is 50.2 Å². The fourth-order valence-electron chi connectivity index (χ4n) is 1.86. The molecule has 1 rings (SSSR count). The van der Waals surface area contributed by atoms with Gasteiger partial charge in [0.25, 0.3) is 0 Å². The molecule has 0 aromatic carbocycles. The smallest absolute Gasteiger partial charge is 0.194 e. The number of aromatic nitrogens is 1. The first-order valence-electron chi connectivity index (χ1n) is 7.63. The van der Waals surface area contributed by atoms with Crippen LogP contribution >= 0.6 is 35.3 Å². The molecule has 0 atom stereocenters. The summed E-state index contributed by atoms with van der Waals surface area (Å²) in [6, 6.07) is 0. The van der Waals surface area contributed by atoms with Crippen molar-refractivity contribution in [3.63, 3.8) is 0 Å². The van der Waals surface area contributed by atoms with Crippen LogP contribution in [0.2, 0.25) is 0 Å². The van der Waals surface area contributed by atoms with Gasteiger partial charge >= 0.3 is 0 Å². The van der Waals surface area contributed by atoms with Crippen LogP contribution < -0.4 is 5.32 Å². The van der Waals surface area contributed by atoms with E-state index in [1.54, 1.807) is 11.3 Å². The Morgan fingerprint density at radius 2 is 2.27 bits per heavy atom. The molecule has 0 unspecified atom stereocenters. The Morgan fingerprint density at radius 1 is 1.55 bits per heavy atom. The van der Waals surface area contributed by atoms with E-state index >= 15 is 0 Å². The van der Waals surface area contributed by atoms with Crippen molar-refractivity contribution < 1.29 is 0 Å². The Morgan fingerprint density at radius 3 is 2.82 bits per heavy atom. The van der Waals surface area contributed by atoms with Crippen LogP contribution in [0.4, 0.5) is 0 Å². The van der Waals surface area contributed by atoms with E-state index in [9.17, 15) is 0 Å². The van der Waals surface area contributed by atoms with E-state index in [2.05, 4.69) is 60.0 Å². The van der Waals surface area contributed by atoms with Gasteiger partial charge in [-0.15, -0.1) is 41.9 Å². The SMILES string of the molecule is C=CCCCN(C)C(=NCc1csc(C(C)C)n1)NCC.I. The Balaban J connectivity index is 0.00000441. The molecule has 0 aliphatic heterocycles. The van der Waals surface area contributed by atoms with Crippen LogP contribution in [-0.4, -0.2) is 36.0 Å². The summed E-state index contributed by atoms with van der Waals surface area (Å²) in [7, 11) is 2.07. The molecular formula is C16H29IN4S. The second-order valence-corrected chi connectivity index (χ2v) is 6.24. The second-order valence-electron chi connectivity index (χ2n) is 5.35. The Kier molecular flexibility index (Phi) is 11.5. The van der Waals surface area contributed by atoms with E-state index < -0.39 is 0 Å². The average Bonchev–Trinajstić information content (AvgIpc) is 2.92. The zero-order valence-electron chi connectivity index (χ0n) is 14.1. The first-order chi connectivity index (χ1) is 10.1. The molecule has 0 amide bonds. The van der Waals surface area contributed by atoms with Gasteiger partial charge in [0.1, 0.15) is 0 Å². The molecule has 22 heavy (non-hydrogen) atoms. The Labute approximate surface area is 156 Å². The molecule has 0 bridgehead atoms. The zero-order valence-corrected chi connectivity index (χ0v) is 17.3. The third-order valence-corrected chi connectivity index (χ3v) is 4.25. The van der Waals surface area contributed by atoms with Gasteiger partial charge in [0.15, 0.2) is 5.96 Å². The highest BCUT2D eigenvalue weighted by Gasteiger charge is 2.07. The van der Waals surface area contributed by atoms with Crippen LogP contribution in [0, 0.1) is 0 Å². The van der Waals surface area contributed by atoms with E-state index in [1.807, 2.05) is 6.08 Å². The number of rotatable bonds is 8. The highest BCUT2D eigenvalue weighted by atomic mass is 127. The molecule has 1 heterocycles. The minimum absolute atomic E-state index is 0. The Bertz CT molecular complexity index is 457. The lowest BCUT2D eigenvalue weighted by molar-refractivity contribution is 0.470. The van der Waals surface area contributed by atoms with Gasteiger partial charge in [-0.3, -0.25) is 0 Å². The number of aliphatic imine (C=N–C) groups is 1. The number of guanidine groups is 1. The fraction of sp³-hybridized carbons (Fsp3) is 0.625. The van der Waals surface area contributed by atoms with Gasteiger partial charge < -0.3 is 10.2 Å². The van der Waals surface area contributed by atoms with Crippen molar-refractivity contribution >= 4 is 41.3 Å². The van der Waals surface area contributed by atoms with E-state index in [-0.39, 0.29) is 24.0 Å². The van der Waals surface area contributed by atoms with Crippen molar-refractivity contribution in [1.82, 2.24) is 15.2 Å². The predicted octanol–water partition coefficient (Wildman–Crippen LogP) is 4.25. The van der Waals surface area contributed by atoms with Gasteiger partial charge in [-0.2, -0.15) is 0 Å². The molecule has 4 nitrogen and oxygen atoms in total. The standard InChI is InChI=1S/C16H28N4S.HI/c1-6-8-9-10-20(5)16(17-7-2)18-11-14-12-21-15(19-14)13(3)4;/h6,12-13H,1,7-11H2,2-5H3,(H,17,18);1H. The molecule has 1 aromatic rings. The maximum absolute atomic E-state index is 4.68. The zero-order chi connectivity index (χ0) is 15.7. The maximum atomic E-state index is 4.68. The highest BCUT2D eigenvalue weighted by Crippen LogP contribution is 2.19. The second kappa shape index (κ2) is 11.9. The number of hydrogen-bond donors (Lipinski definition) is 1. The number of nitrogens with one attached hydrogen (secondary N) is 1. The molecule has 0 fully saturated rings. The van der Waals surface area contributed by atoms with Crippen molar-refractivity contribution in [3.8, 4) is 0 Å². The van der Waals surface area contributed by atoms with Crippen molar-refractivity contribution in [2.45, 2.75) is 46.1 Å². The predicted molar refractivity (Wildman–Crippen MR) is 108 cm³/mol. The van der Waals surface area contributed by atoms with E-state index in [0.29, 0.717) is 12.5 Å². The third kappa shape index (κ3) is 7.58. The first kappa shape index (κ1) is 21.4. The minimum Gasteiger partial charge on any atom is -0.357 e. The van der Waals surface area contributed by atoms with Gasteiger partial charge in [-0.1, -0.05) is 19.9 Å². The third-order valence-electron chi connectivity index (χ3n) is 3.05. The molecule has 0 aliphatic carbocycles. The van der Waals surface area contributed by atoms with Gasteiger partial charge in [0, 0.05) is 31.4 Å². The number of unbranched alkanes of at least 4 members (excludes halogenated alkanes) is 1. The number of halogens is 1.